The van der Waals surface area contributed by atoms with Crippen LogP contribution in [0.25, 0.3) is 22.2 Å². The molecule has 0 spiro atoms. The minimum Gasteiger partial charge on any atom is -0.493 e. The largest absolute Gasteiger partial charge is 0.493 e. The highest BCUT2D eigenvalue weighted by Gasteiger charge is 2.49. The number of carbonyl (C=O) groups excluding carboxylic acids is 1. The Morgan fingerprint density at radius 2 is 1.88 bits per heavy atom. The molecule has 0 radical (unpaired) electrons. The number of nitrogens with zero attached hydrogens (tertiary/aromatic N) is 6. The number of anilines is 1. The molecule has 3 N–H and O–H groups in total. The standard InChI is InChI=1S/C29H28Cl2N8O4/c1-16(25-20(30)12-34-13-21(25)31)43-24-8-19-22(9-23(24)41-2)36-37-26(19)18-7-17(10-32)27(35-11-18)39-14-29(33,15-39)28(40)38-3-5-42-6-4-38/h7-9,11-13,16H,3-6,14-15,33H2,1-2H3,(H,36,37)/t16-/m1/s1. The lowest BCUT2D eigenvalue weighted by Gasteiger charge is -2.49. The SMILES string of the molecule is COc1cc2[nH]nc(-c3cnc(N4CC(N)(C(=O)N5CCOCC5)C4)c(C#N)c3)c2cc1O[C@H](C)c1c(Cl)cncc1Cl. The van der Waals surface area contributed by atoms with Gasteiger partial charge in [0, 0.05) is 67.3 Å². The number of nitrogens with one attached hydrogen (secondary N) is 1. The van der Waals surface area contributed by atoms with Gasteiger partial charge in [-0.15, -0.1) is 0 Å². The quantitative estimate of drug-likeness (QED) is 0.311. The van der Waals surface area contributed by atoms with Crippen molar-refractivity contribution >= 4 is 45.8 Å². The first-order valence-electron chi connectivity index (χ1n) is 13.6. The van der Waals surface area contributed by atoms with Crippen LogP contribution in [0.2, 0.25) is 10.0 Å². The Morgan fingerprint density at radius 3 is 2.56 bits per heavy atom. The highest BCUT2D eigenvalue weighted by Crippen LogP contribution is 2.40. The van der Waals surface area contributed by atoms with E-state index in [0.717, 1.165) is 5.39 Å². The smallest absolute Gasteiger partial charge is 0.246 e. The van der Waals surface area contributed by atoms with Crippen LogP contribution in [0.3, 0.4) is 0 Å². The Labute approximate surface area is 257 Å². The number of nitrogens with two attached hydrogens (primary N) is 1. The third-order valence-corrected chi connectivity index (χ3v) is 8.28. The van der Waals surface area contributed by atoms with Crippen LogP contribution in [0.4, 0.5) is 5.82 Å². The molecular formula is C29H28Cl2N8O4. The van der Waals surface area contributed by atoms with E-state index in [1.54, 1.807) is 30.3 Å². The van der Waals surface area contributed by atoms with Crippen molar-refractivity contribution in [1.82, 2.24) is 25.1 Å². The van der Waals surface area contributed by atoms with E-state index in [4.69, 9.17) is 43.1 Å². The van der Waals surface area contributed by atoms with Gasteiger partial charge in [0.05, 0.1) is 41.4 Å². The Kier molecular flexibility index (Phi) is 7.74. The second-order valence-electron chi connectivity index (χ2n) is 10.5. The van der Waals surface area contributed by atoms with E-state index >= 15 is 0 Å². The van der Waals surface area contributed by atoms with Gasteiger partial charge in [0.1, 0.15) is 29.2 Å². The number of rotatable bonds is 7. The number of amides is 1. The molecule has 2 saturated heterocycles. The summed E-state index contributed by atoms with van der Waals surface area (Å²) in [5.74, 6) is 1.29. The van der Waals surface area contributed by atoms with E-state index in [2.05, 4.69) is 26.2 Å². The van der Waals surface area contributed by atoms with Crippen LogP contribution in [-0.2, 0) is 9.53 Å². The number of carbonyl (C=O) groups is 1. The molecule has 4 aromatic rings. The number of nitriles is 1. The van der Waals surface area contributed by atoms with Gasteiger partial charge < -0.3 is 29.7 Å². The number of hydrogen-bond donors (Lipinski definition) is 2. The van der Waals surface area contributed by atoms with Gasteiger partial charge in [-0.2, -0.15) is 10.4 Å². The van der Waals surface area contributed by atoms with Gasteiger partial charge in [0.2, 0.25) is 5.91 Å². The number of aromatic nitrogens is 4. The number of pyridine rings is 2. The number of fused-ring (bicyclic) bond motifs is 1. The maximum absolute atomic E-state index is 13.0. The Balaban J connectivity index is 1.27. The Bertz CT molecular complexity index is 1720. The monoisotopic (exact) mass is 622 g/mol. The molecule has 3 aromatic heterocycles. The second kappa shape index (κ2) is 11.5. The fraction of sp³-hybridized carbons (Fsp3) is 0.345. The van der Waals surface area contributed by atoms with Crippen molar-refractivity contribution in [2.75, 3.05) is 51.4 Å². The number of ether oxygens (including phenoxy) is 3. The topological polar surface area (TPSA) is 156 Å². The lowest BCUT2D eigenvalue weighted by molar-refractivity contribution is -0.142. The molecule has 1 atom stereocenters. The van der Waals surface area contributed by atoms with Crippen LogP contribution >= 0.6 is 23.2 Å². The summed E-state index contributed by atoms with van der Waals surface area (Å²) in [5.41, 5.74) is 8.27. The average molecular weight is 624 g/mol. The van der Waals surface area contributed by atoms with Gasteiger partial charge in [-0.25, -0.2) is 4.98 Å². The van der Waals surface area contributed by atoms with Crippen LogP contribution in [0.5, 0.6) is 11.5 Å². The summed E-state index contributed by atoms with van der Waals surface area (Å²) in [6, 6.07) is 7.54. The first-order valence-corrected chi connectivity index (χ1v) is 14.3. The van der Waals surface area contributed by atoms with E-state index in [1.165, 1.54) is 12.4 Å². The molecule has 0 saturated carbocycles. The third kappa shape index (κ3) is 5.29. The number of halogens is 2. The molecule has 1 aromatic carbocycles. The van der Waals surface area contributed by atoms with E-state index in [9.17, 15) is 10.1 Å². The molecule has 0 bridgehead atoms. The maximum Gasteiger partial charge on any atom is 0.246 e. The maximum atomic E-state index is 13.0. The van der Waals surface area contributed by atoms with Crippen LogP contribution in [0.15, 0.2) is 36.8 Å². The Morgan fingerprint density at radius 1 is 1.16 bits per heavy atom. The van der Waals surface area contributed by atoms with Gasteiger partial charge in [0.15, 0.2) is 11.5 Å². The zero-order chi connectivity index (χ0) is 30.3. The summed E-state index contributed by atoms with van der Waals surface area (Å²) >= 11 is 12.7. The summed E-state index contributed by atoms with van der Waals surface area (Å²) in [6.07, 6.45) is 4.15. The summed E-state index contributed by atoms with van der Waals surface area (Å²) in [6.45, 7) is 4.40. The fourth-order valence-corrected chi connectivity index (χ4v) is 6.15. The summed E-state index contributed by atoms with van der Waals surface area (Å²) in [5, 5.41) is 19.0. The number of morpholine rings is 1. The van der Waals surface area contributed by atoms with E-state index < -0.39 is 11.6 Å². The highest BCUT2D eigenvalue weighted by atomic mass is 35.5. The van der Waals surface area contributed by atoms with Crippen molar-refractivity contribution in [2.45, 2.75) is 18.6 Å². The first kappa shape index (κ1) is 28.9. The predicted molar refractivity (Wildman–Crippen MR) is 160 cm³/mol. The van der Waals surface area contributed by atoms with Gasteiger partial charge in [-0.1, -0.05) is 23.2 Å². The van der Waals surface area contributed by atoms with Crippen LogP contribution < -0.4 is 20.1 Å². The van der Waals surface area contributed by atoms with Crippen LogP contribution in [0, 0.1) is 11.3 Å². The van der Waals surface area contributed by atoms with Crippen LogP contribution in [0.1, 0.15) is 24.2 Å². The minimum atomic E-state index is -1.03. The molecule has 0 aliphatic carbocycles. The van der Waals surface area contributed by atoms with Gasteiger partial charge in [-0.3, -0.25) is 14.9 Å². The molecule has 1 amide bonds. The van der Waals surface area contributed by atoms with E-state index in [0.29, 0.717) is 81.6 Å². The van der Waals surface area contributed by atoms with Crippen molar-refractivity contribution in [2.24, 2.45) is 5.73 Å². The van der Waals surface area contributed by atoms with Crippen molar-refractivity contribution in [1.29, 1.82) is 5.26 Å². The summed E-state index contributed by atoms with van der Waals surface area (Å²) < 4.78 is 17.2. The lowest BCUT2D eigenvalue weighted by Crippen LogP contribution is -2.75. The number of aromatic amines is 1. The molecule has 43 heavy (non-hydrogen) atoms. The fourth-order valence-electron chi connectivity index (χ4n) is 5.48. The minimum absolute atomic E-state index is 0.110. The molecule has 0 unspecified atom stereocenters. The molecule has 2 aliphatic heterocycles. The van der Waals surface area contributed by atoms with E-state index in [1.807, 2.05) is 17.9 Å². The predicted octanol–water partition coefficient (Wildman–Crippen LogP) is 3.72. The zero-order valence-electron chi connectivity index (χ0n) is 23.4. The van der Waals surface area contributed by atoms with E-state index in [-0.39, 0.29) is 19.0 Å². The van der Waals surface area contributed by atoms with Gasteiger partial charge in [-0.05, 0) is 19.1 Å². The zero-order valence-corrected chi connectivity index (χ0v) is 24.9. The number of methoxy groups -OCH3 is 1. The molecule has 2 fully saturated rings. The van der Waals surface area contributed by atoms with Crippen molar-refractivity contribution in [3.63, 3.8) is 0 Å². The second-order valence-corrected chi connectivity index (χ2v) is 11.3. The molecule has 14 heteroatoms. The van der Waals surface area contributed by atoms with Gasteiger partial charge >= 0.3 is 0 Å². The molecule has 2 aliphatic rings. The number of hydrogen-bond acceptors (Lipinski definition) is 10. The van der Waals surface area contributed by atoms with Gasteiger partial charge in [0.25, 0.3) is 0 Å². The molecule has 6 rings (SSSR count). The average Bonchev–Trinajstić information content (AvgIpc) is 3.41. The molecule has 12 nitrogen and oxygen atoms in total. The van der Waals surface area contributed by atoms with Crippen molar-refractivity contribution in [3.05, 3.63) is 58.0 Å². The number of benzene rings is 1. The van der Waals surface area contributed by atoms with Crippen molar-refractivity contribution < 1.29 is 19.0 Å². The molecule has 5 heterocycles. The lowest BCUT2D eigenvalue weighted by atomic mass is 9.88. The van der Waals surface area contributed by atoms with Crippen molar-refractivity contribution in [3.8, 4) is 28.8 Å². The van der Waals surface area contributed by atoms with Crippen LogP contribution in [-0.4, -0.2) is 83.0 Å². The summed E-state index contributed by atoms with van der Waals surface area (Å²) in [7, 11) is 1.55. The normalized spacial score (nSPS) is 16.8. The molecular weight excluding hydrogens is 595 g/mol. The first-order chi connectivity index (χ1) is 20.7. The molecule has 222 valence electrons. The third-order valence-electron chi connectivity index (χ3n) is 7.68. The summed E-state index contributed by atoms with van der Waals surface area (Å²) in [4.78, 5) is 25.2. The Hall–Kier alpha value is -4.15. The number of H-pyrrole nitrogens is 1. The highest BCUT2D eigenvalue weighted by molar-refractivity contribution is 6.35.